The Balaban J connectivity index is 1.57. The van der Waals surface area contributed by atoms with Gasteiger partial charge in [-0.05, 0) is 36.4 Å². The van der Waals surface area contributed by atoms with Gasteiger partial charge in [-0.2, -0.15) is 0 Å². The molecule has 140 valence electrons. The van der Waals surface area contributed by atoms with Crippen LogP contribution in [-0.4, -0.2) is 55.7 Å². The summed E-state index contributed by atoms with van der Waals surface area (Å²) in [5, 5.41) is 3.62. The Kier molecular flexibility index (Phi) is 4.80. The zero-order valence-corrected chi connectivity index (χ0v) is 16.2. The van der Waals surface area contributed by atoms with E-state index in [1.165, 1.54) is 0 Å². The summed E-state index contributed by atoms with van der Waals surface area (Å²) in [6.07, 6.45) is -0.0410. The van der Waals surface area contributed by atoms with Gasteiger partial charge in [-0.3, -0.25) is 4.90 Å². The smallest absolute Gasteiger partial charge is 0.385 e. The van der Waals surface area contributed by atoms with Gasteiger partial charge in [0.1, 0.15) is 0 Å². The van der Waals surface area contributed by atoms with E-state index in [1.807, 2.05) is 24.3 Å². The third-order valence-corrected chi connectivity index (χ3v) is 5.73. The van der Waals surface area contributed by atoms with Gasteiger partial charge in [-0.1, -0.05) is 23.2 Å². The lowest BCUT2D eigenvalue weighted by Gasteiger charge is -2.35. The summed E-state index contributed by atoms with van der Waals surface area (Å²) in [6, 6.07) is 11.9. The van der Waals surface area contributed by atoms with Crippen molar-refractivity contribution in [3.63, 3.8) is 0 Å². The van der Waals surface area contributed by atoms with Gasteiger partial charge < -0.3 is 18.5 Å². The van der Waals surface area contributed by atoms with Crippen LogP contribution in [-0.2, 0) is 20.5 Å². The molecule has 0 saturated carbocycles. The predicted octanol–water partition coefficient (Wildman–Crippen LogP) is 3.83. The Hall–Kier alpha value is -1.28. The highest BCUT2D eigenvalue weighted by Crippen LogP contribution is 2.33. The minimum Gasteiger partial charge on any atom is -0.385 e. The van der Waals surface area contributed by atoms with E-state index in [2.05, 4.69) is 21.6 Å². The van der Waals surface area contributed by atoms with Gasteiger partial charge in [0.15, 0.2) is 0 Å². The van der Waals surface area contributed by atoms with Crippen molar-refractivity contribution >= 4 is 52.3 Å². The number of aromatic nitrogens is 1. The maximum atomic E-state index is 6.26. The Morgan fingerprint density at radius 2 is 1.52 bits per heavy atom. The fourth-order valence-corrected chi connectivity index (χ4v) is 4.36. The van der Waals surface area contributed by atoms with E-state index in [0.717, 1.165) is 41.4 Å². The molecular weight excluding hydrogens is 386 g/mol. The van der Waals surface area contributed by atoms with Crippen LogP contribution in [0.4, 0.5) is 0 Å². The first kappa shape index (κ1) is 17.8. The molecule has 0 aliphatic carbocycles. The molecule has 0 unspecified atom stereocenters. The second-order valence-electron chi connectivity index (χ2n) is 7.02. The molecule has 0 amide bonds. The molecule has 2 aromatic carbocycles. The van der Waals surface area contributed by atoms with Crippen molar-refractivity contribution in [1.29, 1.82) is 0 Å². The molecule has 3 fully saturated rings. The van der Waals surface area contributed by atoms with Gasteiger partial charge in [0.05, 0.1) is 6.10 Å². The number of hydrogen-bond acceptors (Lipinski definition) is 4. The molecule has 0 spiro atoms. The van der Waals surface area contributed by atoms with Crippen molar-refractivity contribution in [2.75, 3.05) is 32.8 Å². The van der Waals surface area contributed by atoms with E-state index in [9.17, 15) is 0 Å². The van der Waals surface area contributed by atoms with Crippen molar-refractivity contribution in [3.05, 3.63) is 46.4 Å². The van der Waals surface area contributed by atoms with Crippen molar-refractivity contribution < 1.29 is 14.0 Å². The molecule has 4 heterocycles. The highest BCUT2D eigenvalue weighted by Gasteiger charge is 2.33. The molecule has 6 rings (SSSR count). The average Bonchev–Trinajstić information content (AvgIpc) is 2.88. The van der Waals surface area contributed by atoms with Gasteiger partial charge in [0.25, 0.3) is 0 Å². The van der Waals surface area contributed by atoms with Gasteiger partial charge in [-0.15, -0.1) is 0 Å². The molecule has 27 heavy (non-hydrogen) atoms. The number of hydrogen-bond donors (Lipinski definition) is 0. The first-order valence-corrected chi connectivity index (χ1v) is 9.91. The Morgan fingerprint density at radius 1 is 0.926 bits per heavy atom. The molecule has 1 aromatic heterocycles. The molecule has 0 radical (unpaired) electrons. The Bertz CT molecular complexity index is 913. The molecule has 3 aromatic rings. The van der Waals surface area contributed by atoms with E-state index in [-0.39, 0.29) is 6.10 Å². The second-order valence-corrected chi connectivity index (χ2v) is 7.90. The summed E-state index contributed by atoms with van der Waals surface area (Å²) in [6.45, 7) is 4.61. The quantitative estimate of drug-likeness (QED) is 0.608. The first-order valence-electron chi connectivity index (χ1n) is 9.15. The largest absolute Gasteiger partial charge is 0.639 e. The lowest BCUT2D eigenvalue weighted by atomic mass is 10.1. The SMILES string of the molecule is Clc1ccc2c(c1)c1cc(Cl)ccc1n2C[C@H]1CN2CCOB(OCC2)O1. The topological polar surface area (TPSA) is 35.9 Å². The average molecular weight is 405 g/mol. The number of halogens is 2. The fourth-order valence-electron chi connectivity index (χ4n) is 4.01. The molecule has 3 saturated heterocycles. The highest BCUT2D eigenvalue weighted by molar-refractivity contribution is 6.36. The van der Waals surface area contributed by atoms with Crippen LogP contribution in [0.2, 0.25) is 10.0 Å². The Morgan fingerprint density at radius 3 is 2.11 bits per heavy atom. The maximum Gasteiger partial charge on any atom is 0.639 e. The third kappa shape index (κ3) is 3.46. The fraction of sp³-hybridized carbons (Fsp3) is 0.368. The monoisotopic (exact) mass is 404 g/mol. The lowest BCUT2D eigenvalue weighted by molar-refractivity contribution is -0.0232. The summed E-state index contributed by atoms with van der Waals surface area (Å²) in [5.41, 5.74) is 2.23. The lowest BCUT2D eigenvalue weighted by Crippen LogP contribution is -2.50. The van der Waals surface area contributed by atoms with Crippen molar-refractivity contribution in [1.82, 2.24) is 9.47 Å². The minimum absolute atomic E-state index is 0.0410. The highest BCUT2D eigenvalue weighted by atomic mass is 35.5. The molecule has 2 bridgehead atoms. The maximum absolute atomic E-state index is 6.26. The van der Waals surface area contributed by atoms with Crippen LogP contribution in [0.3, 0.4) is 0 Å². The van der Waals surface area contributed by atoms with Crippen LogP contribution in [0.1, 0.15) is 0 Å². The molecule has 3 aliphatic heterocycles. The van der Waals surface area contributed by atoms with Crippen LogP contribution in [0.15, 0.2) is 36.4 Å². The van der Waals surface area contributed by atoms with Gasteiger partial charge in [-0.25, -0.2) is 0 Å². The van der Waals surface area contributed by atoms with Crippen LogP contribution in [0, 0.1) is 0 Å². The summed E-state index contributed by atoms with van der Waals surface area (Å²) in [5.74, 6) is 0. The second kappa shape index (κ2) is 7.28. The number of fused-ring (bicyclic) bond motifs is 9. The van der Waals surface area contributed by atoms with Crippen molar-refractivity contribution in [3.8, 4) is 0 Å². The summed E-state index contributed by atoms with van der Waals surface area (Å²) < 4.78 is 19.8. The summed E-state index contributed by atoms with van der Waals surface area (Å²) in [7, 11) is -0.588. The molecule has 0 N–H and O–H groups in total. The van der Waals surface area contributed by atoms with Gasteiger partial charge in [0.2, 0.25) is 0 Å². The van der Waals surface area contributed by atoms with E-state index in [4.69, 9.17) is 37.2 Å². The van der Waals surface area contributed by atoms with Crippen LogP contribution in [0.5, 0.6) is 0 Å². The number of rotatable bonds is 2. The predicted molar refractivity (Wildman–Crippen MR) is 108 cm³/mol. The normalized spacial score (nSPS) is 23.6. The van der Waals surface area contributed by atoms with Crippen LogP contribution >= 0.6 is 23.2 Å². The van der Waals surface area contributed by atoms with Crippen LogP contribution in [0.25, 0.3) is 21.8 Å². The van der Waals surface area contributed by atoms with E-state index >= 15 is 0 Å². The molecular formula is C19H19BCl2N2O3. The summed E-state index contributed by atoms with van der Waals surface area (Å²) >= 11 is 12.5. The van der Waals surface area contributed by atoms with E-state index in [1.54, 1.807) is 0 Å². The van der Waals surface area contributed by atoms with Crippen LogP contribution < -0.4 is 0 Å². The molecule has 3 aliphatic rings. The van der Waals surface area contributed by atoms with E-state index in [0.29, 0.717) is 29.8 Å². The van der Waals surface area contributed by atoms with E-state index < -0.39 is 7.32 Å². The molecule has 8 heteroatoms. The number of benzene rings is 2. The molecule has 1 atom stereocenters. The van der Waals surface area contributed by atoms with Crippen molar-refractivity contribution in [2.45, 2.75) is 12.6 Å². The minimum atomic E-state index is -0.588. The standard InChI is InChI=1S/C19H19BCl2N2O3/c21-13-1-3-18-16(9-13)17-10-14(22)2-4-19(17)24(18)12-15-11-23-5-7-25-20(27-15)26-8-6-23/h1-4,9-10,15H,5-8,11-12H2/t15-/m1/s1. The molecule has 5 nitrogen and oxygen atoms in total. The van der Waals surface area contributed by atoms with Crippen molar-refractivity contribution in [2.24, 2.45) is 0 Å². The zero-order chi connectivity index (χ0) is 18.4. The third-order valence-electron chi connectivity index (χ3n) is 5.26. The van der Waals surface area contributed by atoms with Gasteiger partial charge >= 0.3 is 7.32 Å². The van der Waals surface area contributed by atoms with Gasteiger partial charge in [0, 0.05) is 71.2 Å². The zero-order valence-electron chi connectivity index (χ0n) is 14.7. The number of nitrogens with zero attached hydrogens (tertiary/aromatic N) is 2. The Labute approximate surface area is 167 Å². The summed E-state index contributed by atoms with van der Waals surface area (Å²) in [4.78, 5) is 2.33. The first-order chi connectivity index (χ1) is 13.2.